The van der Waals surface area contributed by atoms with Crippen molar-refractivity contribution < 1.29 is 0 Å². The Morgan fingerprint density at radius 3 is 1.59 bits per heavy atom. The molecule has 11 aromatic rings. The topological polar surface area (TPSA) is 3.24 Å². The van der Waals surface area contributed by atoms with Gasteiger partial charge in [0.15, 0.2) is 0 Å². The highest BCUT2D eigenvalue weighted by Gasteiger charge is 2.23. The van der Waals surface area contributed by atoms with Gasteiger partial charge in [-0.15, -0.1) is 22.7 Å². The Morgan fingerprint density at radius 2 is 0.845 bits per heavy atom. The lowest BCUT2D eigenvalue weighted by Crippen LogP contribution is -2.10. The van der Waals surface area contributed by atoms with E-state index in [0.29, 0.717) is 0 Å². The Balaban J connectivity index is 1.07. The van der Waals surface area contributed by atoms with E-state index in [4.69, 9.17) is 0 Å². The predicted octanol–water partition coefficient (Wildman–Crippen LogP) is 16.4. The Hall–Kier alpha value is -6.78. The molecule has 0 aliphatic rings. The second-order valence-corrected chi connectivity index (χ2v) is 16.9. The standard InChI is InChI=1S/C55H37NS2/c1-4-15-37(16-5-1)38-33-35-43(36-34-38)56(49-26-13-23-46-45-21-10-11-27-50(45)57-55(46)49)48-25-14-28-51-53(48)47-24-12-22-44(54(47)58-51)39-29-31-42(32-30-39)52(40-17-6-2-7-18-40)41-19-8-3-9-20-41/h1-36,52H. The maximum atomic E-state index is 2.50. The van der Waals surface area contributed by atoms with Crippen molar-refractivity contribution in [2.45, 2.75) is 5.92 Å². The van der Waals surface area contributed by atoms with Crippen molar-refractivity contribution in [1.29, 1.82) is 0 Å². The summed E-state index contributed by atoms with van der Waals surface area (Å²) in [5.41, 5.74) is 12.3. The number of nitrogens with zero attached hydrogens (tertiary/aromatic N) is 1. The number of rotatable bonds is 8. The first-order valence-corrected chi connectivity index (χ1v) is 21.4. The summed E-state index contributed by atoms with van der Waals surface area (Å²) in [6, 6.07) is 79.9. The Bertz CT molecular complexity index is 3160. The molecule has 11 rings (SSSR count). The number of anilines is 3. The van der Waals surface area contributed by atoms with Crippen LogP contribution in [-0.4, -0.2) is 0 Å². The van der Waals surface area contributed by atoms with E-state index in [1.165, 1.54) is 90.7 Å². The van der Waals surface area contributed by atoms with Crippen LogP contribution in [0.4, 0.5) is 17.1 Å². The monoisotopic (exact) mass is 775 g/mol. The van der Waals surface area contributed by atoms with Gasteiger partial charge < -0.3 is 4.90 Å². The van der Waals surface area contributed by atoms with Gasteiger partial charge in [-0.2, -0.15) is 0 Å². The highest BCUT2D eigenvalue weighted by Crippen LogP contribution is 2.50. The number of hydrogen-bond acceptors (Lipinski definition) is 3. The summed E-state index contributed by atoms with van der Waals surface area (Å²) in [5.74, 6) is 0.164. The average Bonchev–Trinajstić information content (AvgIpc) is 3.88. The van der Waals surface area contributed by atoms with E-state index in [-0.39, 0.29) is 5.92 Å². The zero-order valence-corrected chi connectivity index (χ0v) is 33.3. The van der Waals surface area contributed by atoms with Gasteiger partial charge in [-0.25, -0.2) is 0 Å². The Morgan fingerprint density at radius 1 is 0.328 bits per heavy atom. The second kappa shape index (κ2) is 14.6. The number of thiophene rings is 2. The number of fused-ring (bicyclic) bond motifs is 6. The van der Waals surface area contributed by atoms with Gasteiger partial charge in [-0.1, -0.05) is 182 Å². The van der Waals surface area contributed by atoms with E-state index in [1.807, 2.05) is 22.7 Å². The van der Waals surface area contributed by atoms with Crippen LogP contribution in [0, 0.1) is 0 Å². The van der Waals surface area contributed by atoms with Gasteiger partial charge in [0.05, 0.1) is 16.1 Å². The zero-order valence-electron chi connectivity index (χ0n) is 31.6. The van der Waals surface area contributed by atoms with Crippen molar-refractivity contribution in [2.75, 3.05) is 4.90 Å². The largest absolute Gasteiger partial charge is 0.308 e. The lowest BCUT2D eigenvalue weighted by atomic mass is 9.84. The predicted molar refractivity (Wildman–Crippen MR) is 252 cm³/mol. The number of hydrogen-bond donors (Lipinski definition) is 0. The van der Waals surface area contributed by atoms with Gasteiger partial charge in [-0.05, 0) is 75.3 Å². The fourth-order valence-corrected chi connectivity index (χ4v) is 11.2. The van der Waals surface area contributed by atoms with Crippen LogP contribution >= 0.6 is 22.7 Å². The lowest BCUT2D eigenvalue weighted by Gasteiger charge is -2.27. The molecule has 0 saturated heterocycles. The van der Waals surface area contributed by atoms with Crippen LogP contribution in [0.5, 0.6) is 0 Å². The van der Waals surface area contributed by atoms with Crippen LogP contribution in [0.3, 0.4) is 0 Å². The van der Waals surface area contributed by atoms with Crippen molar-refractivity contribution in [1.82, 2.24) is 0 Å². The van der Waals surface area contributed by atoms with Crippen molar-refractivity contribution in [3.8, 4) is 22.3 Å². The summed E-state index contributed by atoms with van der Waals surface area (Å²) in [6.45, 7) is 0. The molecule has 0 spiro atoms. The van der Waals surface area contributed by atoms with E-state index in [9.17, 15) is 0 Å². The third-order valence-electron chi connectivity index (χ3n) is 11.4. The van der Waals surface area contributed by atoms with Gasteiger partial charge in [0, 0.05) is 47.2 Å². The quantitative estimate of drug-likeness (QED) is 0.139. The fourth-order valence-electron chi connectivity index (χ4n) is 8.72. The molecule has 58 heavy (non-hydrogen) atoms. The first-order chi connectivity index (χ1) is 28.8. The van der Waals surface area contributed by atoms with Crippen molar-refractivity contribution in [3.63, 3.8) is 0 Å². The molecule has 0 fully saturated rings. The first-order valence-electron chi connectivity index (χ1n) is 19.8. The second-order valence-electron chi connectivity index (χ2n) is 14.8. The van der Waals surface area contributed by atoms with E-state index in [1.54, 1.807) is 0 Å². The highest BCUT2D eigenvalue weighted by molar-refractivity contribution is 7.27. The van der Waals surface area contributed by atoms with Crippen molar-refractivity contribution in [3.05, 3.63) is 235 Å². The molecule has 1 nitrogen and oxygen atoms in total. The molecule has 274 valence electrons. The summed E-state index contributed by atoms with van der Waals surface area (Å²) in [4.78, 5) is 2.50. The van der Waals surface area contributed by atoms with Gasteiger partial charge in [0.2, 0.25) is 0 Å². The maximum Gasteiger partial charge on any atom is 0.0640 e. The van der Waals surface area contributed by atoms with Crippen LogP contribution in [0.15, 0.2) is 218 Å². The third kappa shape index (κ3) is 5.99. The normalized spacial score (nSPS) is 11.6. The molecule has 0 saturated carbocycles. The lowest BCUT2D eigenvalue weighted by molar-refractivity contribution is 0.978. The molecule has 0 amide bonds. The number of benzene rings is 9. The summed E-state index contributed by atoms with van der Waals surface area (Å²) >= 11 is 3.77. The molecule has 9 aromatic carbocycles. The maximum absolute atomic E-state index is 2.50. The minimum Gasteiger partial charge on any atom is -0.308 e. The molecular formula is C55H37NS2. The summed E-state index contributed by atoms with van der Waals surface area (Å²) in [7, 11) is 0. The van der Waals surface area contributed by atoms with Crippen LogP contribution in [0.1, 0.15) is 22.6 Å². The smallest absolute Gasteiger partial charge is 0.0640 e. The molecule has 0 aliphatic heterocycles. The van der Waals surface area contributed by atoms with Crippen molar-refractivity contribution >= 4 is 80.1 Å². The SMILES string of the molecule is c1ccc(-c2ccc(N(c3cccc4c3sc3ccccc34)c3cccc4sc5c(-c6ccc(C(c7ccccc7)c7ccccc7)cc6)cccc5c34)cc2)cc1. The zero-order chi connectivity index (χ0) is 38.4. The van der Waals surface area contributed by atoms with Crippen LogP contribution < -0.4 is 4.90 Å². The molecular weight excluding hydrogens is 739 g/mol. The molecule has 0 bridgehead atoms. The van der Waals surface area contributed by atoms with Crippen LogP contribution in [0.2, 0.25) is 0 Å². The minimum atomic E-state index is 0.164. The fraction of sp³-hybridized carbons (Fsp3) is 0.0182. The van der Waals surface area contributed by atoms with E-state index < -0.39 is 0 Å². The molecule has 0 radical (unpaired) electrons. The molecule has 0 N–H and O–H groups in total. The summed E-state index contributed by atoms with van der Waals surface area (Å²) < 4.78 is 5.18. The van der Waals surface area contributed by atoms with E-state index in [0.717, 1.165) is 5.69 Å². The van der Waals surface area contributed by atoms with Crippen molar-refractivity contribution in [2.24, 2.45) is 0 Å². The Labute approximate surface area is 346 Å². The Kier molecular flexibility index (Phi) is 8.69. The average molecular weight is 776 g/mol. The van der Waals surface area contributed by atoms with Crippen LogP contribution in [0.25, 0.3) is 62.6 Å². The molecule has 2 heterocycles. The summed E-state index contributed by atoms with van der Waals surface area (Å²) in [5, 5.41) is 5.15. The van der Waals surface area contributed by atoms with Gasteiger partial charge in [0.1, 0.15) is 0 Å². The van der Waals surface area contributed by atoms with E-state index >= 15 is 0 Å². The molecule has 0 unspecified atom stereocenters. The van der Waals surface area contributed by atoms with Gasteiger partial charge in [0.25, 0.3) is 0 Å². The van der Waals surface area contributed by atoms with Gasteiger partial charge in [-0.3, -0.25) is 0 Å². The summed E-state index contributed by atoms with van der Waals surface area (Å²) in [6.07, 6.45) is 0. The molecule has 0 atom stereocenters. The molecule has 0 aliphatic carbocycles. The van der Waals surface area contributed by atoms with E-state index in [2.05, 4.69) is 223 Å². The highest BCUT2D eigenvalue weighted by atomic mass is 32.1. The van der Waals surface area contributed by atoms with Crippen LogP contribution in [-0.2, 0) is 0 Å². The minimum absolute atomic E-state index is 0.164. The molecule has 2 aromatic heterocycles. The third-order valence-corrected chi connectivity index (χ3v) is 13.8. The first kappa shape index (κ1) is 34.5. The molecule has 3 heteroatoms. The van der Waals surface area contributed by atoms with Gasteiger partial charge >= 0.3 is 0 Å².